The molecule has 0 aliphatic heterocycles. The number of rotatable bonds is 3. The molecule has 1 atom stereocenters. The van der Waals surface area contributed by atoms with Crippen LogP contribution in [0.4, 0.5) is 0 Å². The zero-order chi connectivity index (χ0) is 10.1. The molecule has 13 heavy (non-hydrogen) atoms. The lowest BCUT2D eigenvalue weighted by atomic mass is 9.98. The van der Waals surface area contributed by atoms with Gasteiger partial charge >= 0.3 is 0 Å². The summed E-state index contributed by atoms with van der Waals surface area (Å²) in [5.74, 6) is -0.257. The molecule has 3 nitrogen and oxygen atoms in total. The van der Waals surface area contributed by atoms with Gasteiger partial charge in [0.15, 0.2) is 4.84 Å². The van der Waals surface area contributed by atoms with Gasteiger partial charge in [0.25, 0.3) is 5.91 Å². The van der Waals surface area contributed by atoms with Crippen molar-refractivity contribution < 1.29 is 4.79 Å². The number of halogens is 2. The second-order valence-corrected chi connectivity index (χ2v) is 4.47. The fraction of sp³-hybridized carbons (Fsp3) is 0.750. The van der Waals surface area contributed by atoms with E-state index in [1.165, 1.54) is 0 Å². The minimum absolute atomic E-state index is 0.244. The third kappa shape index (κ3) is 2.49. The number of hydrogen-bond acceptors (Lipinski definition) is 2. The van der Waals surface area contributed by atoms with Gasteiger partial charge in [0.05, 0.1) is 6.07 Å². The van der Waals surface area contributed by atoms with Crippen LogP contribution in [0.3, 0.4) is 0 Å². The minimum atomic E-state index is -1.11. The number of nitriles is 1. The molecule has 72 valence electrons. The molecular weight excluding hydrogens is 211 g/mol. The van der Waals surface area contributed by atoms with Gasteiger partial charge in [0.2, 0.25) is 0 Å². The van der Waals surface area contributed by atoms with Gasteiger partial charge in [-0.25, -0.2) is 0 Å². The lowest BCUT2D eigenvalue weighted by molar-refractivity contribution is -0.120. The Morgan fingerprint density at radius 2 is 2.23 bits per heavy atom. The zero-order valence-electron chi connectivity index (χ0n) is 7.18. The average molecular weight is 221 g/mol. The molecule has 0 aromatic rings. The first-order valence-electron chi connectivity index (χ1n) is 4.01. The van der Waals surface area contributed by atoms with E-state index >= 15 is 0 Å². The van der Waals surface area contributed by atoms with Crippen LogP contribution in [-0.4, -0.2) is 16.3 Å². The zero-order valence-corrected chi connectivity index (χ0v) is 8.69. The molecule has 5 heteroatoms. The second kappa shape index (κ2) is 3.73. The molecule has 0 saturated heterocycles. The summed E-state index contributed by atoms with van der Waals surface area (Å²) in [5, 5.41) is 11.4. The Morgan fingerprint density at radius 3 is 2.54 bits per heavy atom. The van der Waals surface area contributed by atoms with Gasteiger partial charge in [-0.15, -0.1) is 0 Å². The average Bonchev–Trinajstić information content (AvgIpc) is 2.86. The molecule has 0 radical (unpaired) electrons. The summed E-state index contributed by atoms with van der Waals surface area (Å²) in [6.45, 7) is 1.69. The number of amides is 1. The summed E-state index contributed by atoms with van der Waals surface area (Å²) < 4.78 is 0. The normalized spacial score (nSPS) is 20.5. The molecule has 1 unspecified atom stereocenters. The molecule has 1 saturated carbocycles. The van der Waals surface area contributed by atoms with Crippen LogP contribution in [0.5, 0.6) is 0 Å². The van der Waals surface area contributed by atoms with Gasteiger partial charge in [-0.2, -0.15) is 5.26 Å². The molecule has 1 rings (SSSR count). The predicted octanol–water partition coefficient (Wildman–Crippen LogP) is 1.60. The number of carbonyl (C=O) groups excluding carboxylic acids is 1. The molecule has 1 aliphatic rings. The highest BCUT2D eigenvalue weighted by Crippen LogP contribution is 2.39. The topological polar surface area (TPSA) is 52.9 Å². The van der Waals surface area contributed by atoms with Gasteiger partial charge in [-0.3, -0.25) is 4.79 Å². The Kier molecular flexibility index (Phi) is 3.05. The molecule has 1 aliphatic carbocycles. The van der Waals surface area contributed by atoms with Crippen LogP contribution in [0.1, 0.15) is 19.8 Å². The standard InChI is InChI=1S/C8H10Cl2N2O/c1-8(4-11,5-2-3-5)12-7(13)6(9)10/h5-6H,2-3H2,1H3,(H,12,13). The molecule has 0 aromatic heterocycles. The van der Waals surface area contributed by atoms with Crippen LogP contribution in [0.2, 0.25) is 0 Å². The van der Waals surface area contributed by atoms with Crippen molar-refractivity contribution in [2.75, 3.05) is 0 Å². The van der Waals surface area contributed by atoms with Gasteiger partial charge in [0.1, 0.15) is 5.54 Å². The van der Waals surface area contributed by atoms with Gasteiger partial charge in [0, 0.05) is 0 Å². The third-order valence-electron chi connectivity index (χ3n) is 2.21. The first-order chi connectivity index (χ1) is 5.99. The number of alkyl halides is 2. The summed E-state index contributed by atoms with van der Waals surface area (Å²) in [6.07, 6.45) is 1.94. The highest BCUT2D eigenvalue weighted by molar-refractivity contribution is 6.53. The number of nitrogens with one attached hydrogen (secondary N) is 1. The van der Waals surface area contributed by atoms with Crippen molar-refractivity contribution >= 4 is 29.1 Å². The Bertz CT molecular complexity index is 257. The first-order valence-corrected chi connectivity index (χ1v) is 4.88. The van der Waals surface area contributed by atoms with E-state index in [1.54, 1.807) is 6.92 Å². The van der Waals surface area contributed by atoms with E-state index in [-0.39, 0.29) is 5.92 Å². The highest BCUT2D eigenvalue weighted by Gasteiger charge is 2.43. The molecule has 1 N–H and O–H groups in total. The van der Waals surface area contributed by atoms with E-state index in [2.05, 4.69) is 11.4 Å². The van der Waals surface area contributed by atoms with Crippen LogP contribution in [-0.2, 0) is 4.79 Å². The molecule has 0 spiro atoms. The maximum atomic E-state index is 11.1. The van der Waals surface area contributed by atoms with Crippen LogP contribution in [0, 0.1) is 17.2 Å². The molecule has 1 fully saturated rings. The first kappa shape index (κ1) is 10.6. The molecular formula is C8H10Cl2N2O. The Morgan fingerprint density at radius 1 is 1.69 bits per heavy atom. The van der Waals surface area contributed by atoms with Crippen molar-refractivity contribution in [3.8, 4) is 6.07 Å². The maximum Gasteiger partial charge on any atom is 0.254 e. The summed E-state index contributed by atoms with van der Waals surface area (Å²) >= 11 is 10.7. The molecule has 0 heterocycles. The summed E-state index contributed by atoms with van der Waals surface area (Å²) in [5.41, 5.74) is -0.806. The van der Waals surface area contributed by atoms with Gasteiger partial charge < -0.3 is 5.32 Å². The molecule has 0 aromatic carbocycles. The van der Waals surface area contributed by atoms with Crippen molar-refractivity contribution in [3.63, 3.8) is 0 Å². The van der Waals surface area contributed by atoms with Crippen molar-refractivity contribution in [1.29, 1.82) is 5.26 Å². The highest BCUT2D eigenvalue weighted by atomic mass is 35.5. The number of nitrogens with zero attached hydrogens (tertiary/aromatic N) is 1. The van der Waals surface area contributed by atoms with E-state index in [0.29, 0.717) is 0 Å². The van der Waals surface area contributed by atoms with E-state index in [9.17, 15) is 4.79 Å². The fourth-order valence-corrected chi connectivity index (χ4v) is 1.30. The number of carbonyl (C=O) groups is 1. The SMILES string of the molecule is CC(C#N)(NC(=O)C(Cl)Cl)C1CC1. The summed E-state index contributed by atoms with van der Waals surface area (Å²) in [7, 11) is 0. The van der Waals surface area contributed by atoms with E-state index < -0.39 is 16.3 Å². The van der Waals surface area contributed by atoms with E-state index in [0.717, 1.165) is 12.8 Å². The molecule has 0 bridgehead atoms. The lowest BCUT2D eigenvalue weighted by Gasteiger charge is -2.22. The van der Waals surface area contributed by atoms with Crippen molar-refractivity contribution in [1.82, 2.24) is 5.32 Å². The molecule has 1 amide bonds. The quantitative estimate of drug-likeness (QED) is 0.736. The monoisotopic (exact) mass is 220 g/mol. The fourth-order valence-electron chi connectivity index (χ4n) is 1.19. The van der Waals surface area contributed by atoms with Crippen LogP contribution >= 0.6 is 23.2 Å². The van der Waals surface area contributed by atoms with Crippen molar-refractivity contribution in [2.45, 2.75) is 30.1 Å². The maximum absolute atomic E-state index is 11.1. The minimum Gasteiger partial charge on any atom is -0.335 e. The smallest absolute Gasteiger partial charge is 0.254 e. The predicted molar refractivity (Wildman–Crippen MR) is 50.4 cm³/mol. The second-order valence-electron chi connectivity index (χ2n) is 3.38. The van der Waals surface area contributed by atoms with Crippen molar-refractivity contribution in [3.05, 3.63) is 0 Å². The Hall–Kier alpha value is -0.460. The van der Waals surface area contributed by atoms with Crippen LogP contribution in [0.25, 0.3) is 0 Å². The van der Waals surface area contributed by atoms with Gasteiger partial charge in [-0.1, -0.05) is 23.2 Å². The Balaban J connectivity index is 2.59. The van der Waals surface area contributed by atoms with Gasteiger partial charge in [-0.05, 0) is 25.7 Å². The van der Waals surface area contributed by atoms with E-state index in [4.69, 9.17) is 28.5 Å². The largest absolute Gasteiger partial charge is 0.335 e. The van der Waals surface area contributed by atoms with Crippen molar-refractivity contribution in [2.24, 2.45) is 5.92 Å². The third-order valence-corrected chi connectivity index (χ3v) is 2.60. The van der Waals surface area contributed by atoms with Crippen LogP contribution in [0.15, 0.2) is 0 Å². The lowest BCUT2D eigenvalue weighted by Crippen LogP contribution is -2.48. The van der Waals surface area contributed by atoms with E-state index in [1.807, 2.05) is 0 Å². The summed E-state index contributed by atoms with van der Waals surface area (Å²) in [4.78, 5) is 10.0. The summed E-state index contributed by atoms with van der Waals surface area (Å²) in [6, 6.07) is 2.08. The number of hydrogen-bond donors (Lipinski definition) is 1. The Labute approximate surface area is 87.0 Å². The van der Waals surface area contributed by atoms with Crippen LogP contribution < -0.4 is 5.32 Å².